The molecule has 3 N–H and O–H groups in total. The molecule has 0 radical (unpaired) electrons. The minimum absolute atomic E-state index is 0.121. The number of amides is 1. The van der Waals surface area contributed by atoms with Crippen LogP contribution in [0.25, 0.3) is 11.4 Å². The van der Waals surface area contributed by atoms with Crippen LogP contribution in [-0.2, 0) is 13.0 Å². The highest BCUT2D eigenvalue weighted by Gasteiger charge is 2.12. The van der Waals surface area contributed by atoms with Crippen LogP contribution in [0.2, 0.25) is 0 Å². The second-order valence-electron chi connectivity index (χ2n) is 6.07. The van der Waals surface area contributed by atoms with Crippen LogP contribution >= 0.6 is 0 Å². The SMILES string of the molecule is CCc1ccc(OC[C@H](O)Cn2nnc(-c3ccc(C(N)=O)cc3)n2)cc1. The van der Waals surface area contributed by atoms with E-state index in [-0.39, 0.29) is 13.2 Å². The quantitative estimate of drug-likeness (QED) is 0.622. The van der Waals surface area contributed by atoms with Gasteiger partial charge in [0.2, 0.25) is 11.7 Å². The standard InChI is InChI=1S/C19H21N5O3/c1-2-13-3-9-17(10-4-13)27-12-16(25)11-24-22-19(21-23-24)15-7-5-14(6-8-15)18(20)26/h3-10,16,25H,2,11-12H2,1H3,(H2,20,26)/t16-/m1/s1. The van der Waals surface area contributed by atoms with Crippen molar-refractivity contribution >= 4 is 5.91 Å². The summed E-state index contributed by atoms with van der Waals surface area (Å²) in [5, 5.41) is 22.3. The van der Waals surface area contributed by atoms with Gasteiger partial charge in [0.25, 0.3) is 0 Å². The van der Waals surface area contributed by atoms with Gasteiger partial charge in [0.05, 0.1) is 6.54 Å². The monoisotopic (exact) mass is 367 g/mol. The molecule has 3 aromatic rings. The van der Waals surface area contributed by atoms with Gasteiger partial charge in [-0.3, -0.25) is 4.79 Å². The number of nitrogens with two attached hydrogens (primary N) is 1. The van der Waals surface area contributed by atoms with E-state index in [1.54, 1.807) is 24.3 Å². The molecule has 8 heteroatoms. The molecule has 3 rings (SSSR count). The Morgan fingerprint density at radius 3 is 2.52 bits per heavy atom. The molecule has 2 aromatic carbocycles. The zero-order chi connectivity index (χ0) is 19.2. The fourth-order valence-electron chi connectivity index (χ4n) is 2.47. The Bertz CT molecular complexity index is 890. The molecule has 1 atom stereocenters. The minimum atomic E-state index is -0.782. The molecule has 0 aliphatic heterocycles. The number of benzene rings is 2. The van der Waals surface area contributed by atoms with Gasteiger partial charge >= 0.3 is 0 Å². The van der Waals surface area contributed by atoms with Crippen LogP contribution in [0.1, 0.15) is 22.8 Å². The molecule has 0 bridgehead atoms. The van der Waals surface area contributed by atoms with Crippen molar-refractivity contribution in [2.75, 3.05) is 6.61 Å². The lowest BCUT2D eigenvalue weighted by Crippen LogP contribution is -2.25. The third kappa shape index (κ3) is 4.89. The Kier molecular flexibility index (Phi) is 5.77. The number of hydrogen-bond donors (Lipinski definition) is 2. The maximum atomic E-state index is 11.1. The number of carbonyl (C=O) groups is 1. The number of ether oxygens (including phenoxy) is 1. The molecule has 0 aliphatic rings. The lowest BCUT2D eigenvalue weighted by molar-refractivity contribution is 0.0850. The highest BCUT2D eigenvalue weighted by molar-refractivity contribution is 5.93. The highest BCUT2D eigenvalue weighted by Crippen LogP contribution is 2.15. The fraction of sp³-hybridized carbons (Fsp3) is 0.263. The summed E-state index contributed by atoms with van der Waals surface area (Å²) in [6.07, 6.45) is 0.184. The Morgan fingerprint density at radius 2 is 1.89 bits per heavy atom. The number of nitrogens with zero attached hydrogens (tertiary/aromatic N) is 4. The van der Waals surface area contributed by atoms with Crippen molar-refractivity contribution in [2.24, 2.45) is 5.73 Å². The molecule has 0 saturated heterocycles. The van der Waals surface area contributed by atoms with E-state index >= 15 is 0 Å². The predicted molar refractivity (Wildman–Crippen MR) is 99.1 cm³/mol. The van der Waals surface area contributed by atoms with Crippen molar-refractivity contribution < 1.29 is 14.6 Å². The Hall–Kier alpha value is -3.26. The summed E-state index contributed by atoms with van der Waals surface area (Å²) < 4.78 is 5.58. The first kappa shape index (κ1) is 18.5. The number of carbonyl (C=O) groups excluding carboxylic acids is 1. The molecule has 140 valence electrons. The van der Waals surface area contributed by atoms with E-state index in [1.165, 1.54) is 10.4 Å². The van der Waals surface area contributed by atoms with Crippen LogP contribution in [0, 0.1) is 0 Å². The van der Waals surface area contributed by atoms with Crippen molar-refractivity contribution in [3.63, 3.8) is 0 Å². The van der Waals surface area contributed by atoms with E-state index in [9.17, 15) is 9.90 Å². The number of hydrogen-bond acceptors (Lipinski definition) is 6. The summed E-state index contributed by atoms with van der Waals surface area (Å²) in [4.78, 5) is 12.4. The number of tetrazole rings is 1. The van der Waals surface area contributed by atoms with Gasteiger partial charge in [0.15, 0.2) is 0 Å². The van der Waals surface area contributed by atoms with Gasteiger partial charge in [-0.1, -0.05) is 31.2 Å². The van der Waals surface area contributed by atoms with Crippen LogP contribution in [0.3, 0.4) is 0 Å². The van der Waals surface area contributed by atoms with Gasteiger partial charge in [-0.15, -0.1) is 10.2 Å². The summed E-state index contributed by atoms with van der Waals surface area (Å²) in [6, 6.07) is 14.4. The molecule has 0 saturated carbocycles. The van der Waals surface area contributed by atoms with Gasteiger partial charge in [0, 0.05) is 11.1 Å². The third-order valence-electron chi connectivity index (χ3n) is 4.03. The topological polar surface area (TPSA) is 116 Å². The highest BCUT2D eigenvalue weighted by atomic mass is 16.5. The van der Waals surface area contributed by atoms with Gasteiger partial charge in [-0.25, -0.2) is 0 Å². The number of aliphatic hydroxyl groups excluding tert-OH is 1. The zero-order valence-corrected chi connectivity index (χ0v) is 14.9. The molecule has 1 amide bonds. The molecular formula is C19H21N5O3. The summed E-state index contributed by atoms with van der Waals surface area (Å²) in [6.45, 7) is 2.36. The van der Waals surface area contributed by atoms with E-state index in [4.69, 9.17) is 10.5 Å². The molecule has 1 heterocycles. The van der Waals surface area contributed by atoms with Crippen LogP contribution < -0.4 is 10.5 Å². The van der Waals surface area contributed by atoms with E-state index in [0.29, 0.717) is 22.7 Å². The van der Waals surface area contributed by atoms with Gasteiger partial charge < -0.3 is 15.6 Å². The number of aryl methyl sites for hydroxylation is 1. The molecule has 0 unspecified atom stereocenters. The lowest BCUT2D eigenvalue weighted by atomic mass is 10.1. The third-order valence-corrected chi connectivity index (χ3v) is 4.03. The van der Waals surface area contributed by atoms with Crippen LogP contribution in [0.5, 0.6) is 5.75 Å². The number of rotatable bonds is 8. The normalized spacial score (nSPS) is 11.9. The molecule has 0 spiro atoms. The number of aliphatic hydroxyl groups is 1. The van der Waals surface area contributed by atoms with E-state index < -0.39 is 12.0 Å². The maximum absolute atomic E-state index is 11.1. The first-order chi connectivity index (χ1) is 13.0. The van der Waals surface area contributed by atoms with Gasteiger partial charge in [-0.05, 0) is 41.5 Å². The molecular weight excluding hydrogens is 346 g/mol. The molecule has 0 fully saturated rings. The molecule has 27 heavy (non-hydrogen) atoms. The van der Waals surface area contributed by atoms with Crippen molar-refractivity contribution in [3.05, 3.63) is 59.7 Å². The van der Waals surface area contributed by atoms with E-state index in [1.807, 2.05) is 24.3 Å². The smallest absolute Gasteiger partial charge is 0.248 e. The lowest BCUT2D eigenvalue weighted by Gasteiger charge is -2.11. The Balaban J connectivity index is 1.55. The zero-order valence-electron chi connectivity index (χ0n) is 14.9. The first-order valence-corrected chi connectivity index (χ1v) is 8.63. The second-order valence-corrected chi connectivity index (χ2v) is 6.07. The molecule has 1 aromatic heterocycles. The molecule has 8 nitrogen and oxygen atoms in total. The van der Waals surface area contributed by atoms with E-state index in [2.05, 4.69) is 22.3 Å². The van der Waals surface area contributed by atoms with Gasteiger partial charge in [-0.2, -0.15) is 4.80 Å². The van der Waals surface area contributed by atoms with Crippen molar-refractivity contribution in [1.29, 1.82) is 0 Å². The van der Waals surface area contributed by atoms with Crippen LogP contribution in [-0.4, -0.2) is 43.9 Å². The fourth-order valence-corrected chi connectivity index (χ4v) is 2.47. The number of primary amides is 1. The summed E-state index contributed by atoms with van der Waals surface area (Å²) in [5.41, 5.74) is 7.56. The average molecular weight is 367 g/mol. The first-order valence-electron chi connectivity index (χ1n) is 8.63. The Morgan fingerprint density at radius 1 is 1.19 bits per heavy atom. The van der Waals surface area contributed by atoms with Gasteiger partial charge in [0.1, 0.15) is 18.5 Å². The van der Waals surface area contributed by atoms with Crippen LogP contribution in [0.4, 0.5) is 0 Å². The van der Waals surface area contributed by atoms with Crippen LogP contribution in [0.15, 0.2) is 48.5 Å². The predicted octanol–water partition coefficient (Wildman–Crippen LogP) is 1.44. The average Bonchev–Trinajstić information content (AvgIpc) is 3.15. The van der Waals surface area contributed by atoms with Crippen molar-refractivity contribution in [1.82, 2.24) is 20.2 Å². The second kappa shape index (κ2) is 8.41. The van der Waals surface area contributed by atoms with E-state index in [0.717, 1.165) is 6.42 Å². The van der Waals surface area contributed by atoms with Crippen molar-refractivity contribution in [2.45, 2.75) is 26.0 Å². The molecule has 0 aliphatic carbocycles. The van der Waals surface area contributed by atoms with Crippen molar-refractivity contribution in [3.8, 4) is 17.1 Å². The number of aromatic nitrogens is 4. The summed E-state index contributed by atoms with van der Waals surface area (Å²) in [7, 11) is 0. The maximum Gasteiger partial charge on any atom is 0.248 e. The minimum Gasteiger partial charge on any atom is -0.491 e. The summed E-state index contributed by atoms with van der Waals surface area (Å²) in [5.74, 6) is 0.605. The summed E-state index contributed by atoms with van der Waals surface area (Å²) >= 11 is 0. The Labute approximate surface area is 156 Å². The largest absolute Gasteiger partial charge is 0.491 e.